The normalized spacial score (nSPS) is 16.8. The number of halogens is 2. The fourth-order valence-corrected chi connectivity index (χ4v) is 3.49. The average molecular weight is 407 g/mol. The summed E-state index contributed by atoms with van der Waals surface area (Å²) in [5.74, 6) is -0.793. The van der Waals surface area contributed by atoms with Crippen LogP contribution in [-0.4, -0.2) is 24.2 Å². The molecule has 2 aromatic rings. The van der Waals surface area contributed by atoms with Crippen molar-refractivity contribution in [1.82, 2.24) is 5.32 Å². The molecule has 0 aliphatic carbocycles. The van der Waals surface area contributed by atoms with E-state index in [9.17, 15) is 9.59 Å². The van der Waals surface area contributed by atoms with Crippen LogP contribution in [0.25, 0.3) is 6.08 Å². The highest BCUT2D eigenvalue weighted by molar-refractivity contribution is 8.18. The topological polar surface area (TPSA) is 67.8 Å². The predicted octanol–water partition coefficient (Wildman–Crippen LogP) is 4.67. The largest absolute Gasteiger partial charge is 0.465 e. The zero-order valence-electron chi connectivity index (χ0n) is 13.5. The molecule has 1 amide bonds. The Kier molecular flexibility index (Phi) is 5.66. The van der Waals surface area contributed by atoms with E-state index < -0.39 is 5.97 Å². The van der Waals surface area contributed by atoms with E-state index in [1.165, 1.54) is 7.11 Å². The Morgan fingerprint density at radius 1 is 1.23 bits per heavy atom. The highest BCUT2D eigenvalue weighted by Gasteiger charge is 2.25. The number of hydrogen-bond acceptors (Lipinski definition) is 5. The number of aliphatic imine (C=N–C) groups is 1. The Morgan fingerprint density at radius 3 is 2.73 bits per heavy atom. The molecule has 0 aromatic heterocycles. The molecule has 1 fully saturated rings. The third-order valence-corrected chi connectivity index (χ3v) is 4.90. The summed E-state index contributed by atoms with van der Waals surface area (Å²) in [6.07, 6.45) is 1.66. The van der Waals surface area contributed by atoms with E-state index in [1.807, 2.05) is 0 Å². The number of amides is 1. The van der Waals surface area contributed by atoms with Crippen molar-refractivity contribution in [2.24, 2.45) is 4.99 Å². The number of nitrogens with zero attached hydrogens (tertiary/aromatic N) is 1. The first kappa shape index (κ1) is 18.5. The summed E-state index contributed by atoms with van der Waals surface area (Å²) < 4.78 is 4.75. The van der Waals surface area contributed by atoms with Crippen molar-refractivity contribution in [3.8, 4) is 0 Å². The number of amidine groups is 1. The van der Waals surface area contributed by atoms with Gasteiger partial charge in [0.2, 0.25) is 0 Å². The molecule has 0 saturated carbocycles. The van der Waals surface area contributed by atoms with Crippen LogP contribution in [0.3, 0.4) is 0 Å². The maximum Gasteiger partial charge on any atom is 0.340 e. The lowest BCUT2D eigenvalue weighted by Crippen LogP contribution is -2.19. The van der Waals surface area contributed by atoms with Gasteiger partial charge in [-0.15, -0.1) is 0 Å². The molecule has 1 N–H and O–H groups in total. The van der Waals surface area contributed by atoms with Crippen molar-refractivity contribution in [2.75, 3.05) is 7.11 Å². The molecule has 26 heavy (non-hydrogen) atoms. The summed E-state index contributed by atoms with van der Waals surface area (Å²) in [6.45, 7) is 0. The number of benzene rings is 2. The monoisotopic (exact) mass is 406 g/mol. The molecule has 1 heterocycles. The van der Waals surface area contributed by atoms with E-state index in [0.29, 0.717) is 36.9 Å². The first-order chi connectivity index (χ1) is 12.5. The summed E-state index contributed by atoms with van der Waals surface area (Å²) >= 11 is 13.2. The van der Waals surface area contributed by atoms with E-state index in [0.717, 1.165) is 11.8 Å². The zero-order chi connectivity index (χ0) is 18.7. The van der Waals surface area contributed by atoms with Crippen LogP contribution < -0.4 is 5.32 Å². The number of carbonyl (C=O) groups is 2. The van der Waals surface area contributed by atoms with Crippen molar-refractivity contribution in [3.05, 3.63) is 68.5 Å². The number of nitrogens with one attached hydrogen (secondary N) is 1. The summed E-state index contributed by atoms with van der Waals surface area (Å²) in [5, 5.41) is 4.00. The minimum atomic E-state index is -0.497. The molecule has 0 atom stereocenters. The lowest BCUT2D eigenvalue weighted by molar-refractivity contribution is -0.115. The van der Waals surface area contributed by atoms with Gasteiger partial charge in [0.25, 0.3) is 5.91 Å². The van der Waals surface area contributed by atoms with Gasteiger partial charge < -0.3 is 10.1 Å². The number of ether oxygens (including phenoxy) is 1. The predicted molar refractivity (Wildman–Crippen MR) is 105 cm³/mol. The van der Waals surface area contributed by atoms with Gasteiger partial charge in [0.15, 0.2) is 5.17 Å². The number of thioether (sulfide) groups is 1. The zero-order valence-corrected chi connectivity index (χ0v) is 15.8. The van der Waals surface area contributed by atoms with Crippen LogP contribution in [0.1, 0.15) is 15.9 Å². The second-order valence-electron chi connectivity index (χ2n) is 5.16. The van der Waals surface area contributed by atoms with Gasteiger partial charge in [0.1, 0.15) is 0 Å². The molecule has 0 radical (unpaired) electrons. The quantitative estimate of drug-likeness (QED) is 0.593. The second-order valence-corrected chi connectivity index (χ2v) is 7.03. The Morgan fingerprint density at radius 2 is 2.00 bits per heavy atom. The van der Waals surface area contributed by atoms with Gasteiger partial charge >= 0.3 is 5.97 Å². The van der Waals surface area contributed by atoms with Crippen molar-refractivity contribution in [1.29, 1.82) is 0 Å². The number of para-hydroxylation sites is 1. The lowest BCUT2D eigenvalue weighted by atomic mass is 10.2. The molecular formula is C18H12Cl2N2O3S. The first-order valence-electron chi connectivity index (χ1n) is 7.40. The van der Waals surface area contributed by atoms with Crippen molar-refractivity contribution < 1.29 is 14.3 Å². The molecular weight excluding hydrogens is 395 g/mol. The van der Waals surface area contributed by atoms with E-state index in [2.05, 4.69) is 10.3 Å². The molecule has 8 heteroatoms. The SMILES string of the molecule is COC(=O)c1ccccc1N=C1NC(=O)/C(=C/c2ccc(Cl)cc2Cl)S1. The van der Waals surface area contributed by atoms with Crippen molar-refractivity contribution >= 4 is 63.8 Å². The summed E-state index contributed by atoms with van der Waals surface area (Å²) in [7, 11) is 1.30. The Balaban J connectivity index is 1.90. The van der Waals surface area contributed by atoms with E-state index in [4.69, 9.17) is 27.9 Å². The van der Waals surface area contributed by atoms with E-state index in [1.54, 1.807) is 48.5 Å². The van der Waals surface area contributed by atoms with Crippen molar-refractivity contribution in [2.45, 2.75) is 0 Å². The molecule has 0 spiro atoms. The first-order valence-corrected chi connectivity index (χ1v) is 8.97. The maximum absolute atomic E-state index is 12.2. The molecule has 1 aliphatic rings. The van der Waals surface area contributed by atoms with Crippen LogP contribution in [0, 0.1) is 0 Å². The Bertz CT molecular complexity index is 957. The molecule has 1 saturated heterocycles. The van der Waals surface area contributed by atoms with Gasteiger partial charge in [-0.2, -0.15) is 0 Å². The van der Waals surface area contributed by atoms with Crippen LogP contribution >= 0.6 is 35.0 Å². The molecule has 132 valence electrons. The van der Waals surface area contributed by atoms with Crippen LogP contribution in [0.15, 0.2) is 52.4 Å². The minimum Gasteiger partial charge on any atom is -0.465 e. The molecule has 1 aliphatic heterocycles. The van der Waals surface area contributed by atoms with Crippen LogP contribution in [0.2, 0.25) is 10.0 Å². The molecule has 0 unspecified atom stereocenters. The van der Waals surface area contributed by atoms with E-state index in [-0.39, 0.29) is 5.91 Å². The lowest BCUT2D eigenvalue weighted by Gasteiger charge is -2.03. The maximum atomic E-state index is 12.2. The summed E-state index contributed by atoms with van der Waals surface area (Å²) in [6, 6.07) is 11.8. The average Bonchev–Trinajstić information content (AvgIpc) is 2.96. The standard InChI is InChI=1S/C18H12Cl2N2O3S/c1-25-17(24)12-4-2-3-5-14(12)21-18-22-16(23)15(26-18)8-10-6-7-11(19)9-13(10)20/h2-9H,1H3,(H,21,22,23)/b15-8-. The number of esters is 1. The number of carbonyl (C=O) groups excluding carboxylic acids is 2. The van der Waals surface area contributed by atoms with Gasteiger partial charge in [-0.3, -0.25) is 4.79 Å². The van der Waals surface area contributed by atoms with Gasteiger partial charge in [-0.1, -0.05) is 41.4 Å². The van der Waals surface area contributed by atoms with Gasteiger partial charge in [0, 0.05) is 10.0 Å². The van der Waals surface area contributed by atoms with Crippen LogP contribution in [-0.2, 0) is 9.53 Å². The van der Waals surface area contributed by atoms with Crippen LogP contribution in [0.5, 0.6) is 0 Å². The number of rotatable bonds is 3. The molecule has 0 bridgehead atoms. The van der Waals surface area contributed by atoms with Gasteiger partial charge in [-0.25, -0.2) is 9.79 Å². The summed E-state index contributed by atoms with van der Waals surface area (Å²) in [5.41, 5.74) is 1.40. The fraction of sp³-hybridized carbons (Fsp3) is 0.0556. The fourth-order valence-electron chi connectivity index (χ4n) is 2.20. The number of methoxy groups -OCH3 is 1. The van der Waals surface area contributed by atoms with Crippen LogP contribution in [0.4, 0.5) is 5.69 Å². The van der Waals surface area contributed by atoms with E-state index >= 15 is 0 Å². The number of hydrogen-bond donors (Lipinski definition) is 1. The molecule has 3 rings (SSSR count). The summed E-state index contributed by atoms with van der Waals surface area (Å²) in [4.78, 5) is 28.8. The second kappa shape index (κ2) is 7.95. The van der Waals surface area contributed by atoms with Gasteiger partial charge in [-0.05, 0) is 47.7 Å². The van der Waals surface area contributed by atoms with Crippen molar-refractivity contribution in [3.63, 3.8) is 0 Å². The highest BCUT2D eigenvalue weighted by atomic mass is 35.5. The molecule has 5 nitrogen and oxygen atoms in total. The highest BCUT2D eigenvalue weighted by Crippen LogP contribution is 2.31. The Labute approximate surface area is 164 Å². The molecule has 2 aromatic carbocycles. The smallest absolute Gasteiger partial charge is 0.340 e. The third-order valence-electron chi connectivity index (χ3n) is 3.43. The third kappa shape index (κ3) is 4.09. The Hall–Kier alpha value is -2.28. The van der Waals surface area contributed by atoms with Gasteiger partial charge in [0.05, 0.1) is 23.3 Å². The minimum absolute atomic E-state index is 0.296.